The summed E-state index contributed by atoms with van der Waals surface area (Å²) in [6.07, 6.45) is 1.71. The van der Waals surface area contributed by atoms with E-state index in [1.807, 2.05) is 24.3 Å². The van der Waals surface area contributed by atoms with Gasteiger partial charge in [-0.05, 0) is 48.7 Å². The third-order valence-corrected chi connectivity index (χ3v) is 6.62. The predicted octanol–water partition coefficient (Wildman–Crippen LogP) is 3.81. The number of nitrogens with zero attached hydrogens (tertiary/aromatic N) is 1. The Balaban J connectivity index is 1.44. The molecule has 2 fully saturated rings. The highest BCUT2D eigenvalue weighted by Crippen LogP contribution is 2.35. The van der Waals surface area contributed by atoms with Gasteiger partial charge in [0.1, 0.15) is 5.82 Å². The van der Waals surface area contributed by atoms with Gasteiger partial charge in [0.2, 0.25) is 11.8 Å². The maximum absolute atomic E-state index is 13.4. The van der Waals surface area contributed by atoms with Crippen molar-refractivity contribution in [2.24, 2.45) is 5.92 Å². The van der Waals surface area contributed by atoms with Gasteiger partial charge in [-0.25, -0.2) is 4.39 Å². The molecule has 0 aromatic heterocycles. The third-order valence-electron chi connectivity index (χ3n) is 6.12. The monoisotopic (exact) mass is 474 g/mol. The summed E-state index contributed by atoms with van der Waals surface area (Å²) in [5.74, 6) is -0.829. The number of carbonyl (C=O) groups is 2. The van der Waals surface area contributed by atoms with Crippen molar-refractivity contribution in [3.8, 4) is 0 Å². The Labute approximate surface area is 183 Å². The smallest absolute Gasteiger partial charge is 0.227 e. The number of halogens is 2. The maximum atomic E-state index is 13.4. The summed E-state index contributed by atoms with van der Waals surface area (Å²) in [7, 11) is 0. The molecule has 2 aromatic carbocycles. The Morgan fingerprint density at radius 2 is 1.93 bits per heavy atom. The quantitative estimate of drug-likeness (QED) is 0.716. The van der Waals surface area contributed by atoms with Gasteiger partial charge in [-0.3, -0.25) is 9.59 Å². The van der Waals surface area contributed by atoms with Crippen LogP contribution in [0.5, 0.6) is 0 Å². The van der Waals surface area contributed by atoms with Gasteiger partial charge in [0, 0.05) is 48.3 Å². The van der Waals surface area contributed by atoms with Crippen molar-refractivity contribution < 1.29 is 18.7 Å². The summed E-state index contributed by atoms with van der Waals surface area (Å²) in [5.41, 5.74) is 1.51. The first kappa shape index (κ1) is 21.0. The minimum atomic E-state index is -0.387. The minimum absolute atomic E-state index is 0.0486. The maximum Gasteiger partial charge on any atom is 0.227 e. The first-order chi connectivity index (χ1) is 14.5. The molecular formula is C23H24BrFN2O3. The van der Waals surface area contributed by atoms with Crippen LogP contribution >= 0.6 is 15.9 Å². The van der Waals surface area contributed by atoms with Crippen LogP contribution in [-0.4, -0.2) is 38.1 Å². The van der Waals surface area contributed by atoms with Gasteiger partial charge >= 0.3 is 0 Å². The molecular weight excluding hydrogens is 451 g/mol. The van der Waals surface area contributed by atoms with Gasteiger partial charge in [-0.2, -0.15) is 0 Å². The molecule has 158 valence electrons. The molecule has 2 aliphatic heterocycles. The lowest BCUT2D eigenvalue weighted by molar-refractivity contribution is -0.126. The zero-order valence-electron chi connectivity index (χ0n) is 16.6. The van der Waals surface area contributed by atoms with Crippen molar-refractivity contribution in [1.29, 1.82) is 0 Å². The van der Waals surface area contributed by atoms with Crippen LogP contribution in [0.15, 0.2) is 53.0 Å². The van der Waals surface area contributed by atoms with E-state index in [9.17, 15) is 14.0 Å². The normalized spacial score (nSPS) is 20.9. The average Bonchev–Trinajstić information content (AvgIpc) is 3.15. The Hall–Kier alpha value is -2.25. The lowest BCUT2D eigenvalue weighted by Gasteiger charge is -2.38. The second-order valence-corrected chi connectivity index (χ2v) is 8.92. The second-order valence-electron chi connectivity index (χ2n) is 8.00. The molecule has 0 radical (unpaired) electrons. The van der Waals surface area contributed by atoms with Crippen molar-refractivity contribution in [3.63, 3.8) is 0 Å². The van der Waals surface area contributed by atoms with E-state index in [0.717, 1.165) is 28.6 Å². The second kappa shape index (κ2) is 8.86. The highest BCUT2D eigenvalue weighted by molar-refractivity contribution is 9.10. The highest BCUT2D eigenvalue weighted by Gasteiger charge is 2.38. The molecule has 0 aliphatic carbocycles. The fourth-order valence-electron chi connectivity index (χ4n) is 4.31. The average molecular weight is 475 g/mol. The van der Waals surface area contributed by atoms with Crippen molar-refractivity contribution in [3.05, 3.63) is 64.4 Å². The van der Waals surface area contributed by atoms with Crippen LogP contribution in [0.3, 0.4) is 0 Å². The third kappa shape index (κ3) is 4.42. The highest BCUT2D eigenvalue weighted by atomic mass is 79.9. The van der Waals surface area contributed by atoms with Crippen molar-refractivity contribution in [2.75, 3.05) is 31.2 Å². The van der Waals surface area contributed by atoms with Crippen LogP contribution in [0.1, 0.15) is 24.8 Å². The molecule has 7 heteroatoms. The lowest BCUT2D eigenvalue weighted by Crippen LogP contribution is -2.46. The standard InChI is InChI=1S/C23H24BrFN2O3/c24-18-2-1-3-20(13-18)27-14-16(12-21(27)28)22(29)26-15-23(8-10-30-11-9-23)17-4-6-19(25)7-5-17/h1-7,13,16H,8-12,14-15H2,(H,26,29). The predicted molar refractivity (Wildman–Crippen MR) is 116 cm³/mol. The van der Waals surface area contributed by atoms with Crippen LogP contribution < -0.4 is 10.2 Å². The van der Waals surface area contributed by atoms with Gasteiger partial charge in [0.25, 0.3) is 0 Å². The lowest BCUT2D eigenvalue weighted by atomic mass is 9.74. The molecule has 2 aliphatic rings. The number of hydrogen-bond acceptors (Lipinski definition) is 3. The Morgan fingerprint density at radius 1 is 1.20 bits per heavy atom. The number of hydrogen-bond donors (Lipinski definition) is 1. The molecule has 30 heavy (non-hydrogen) atoms. The van der Waals surface area contributed by atoms with E-state index < -0.39 is 0 Å². The molecule has 1 N–H and O–H groups in total. The topological polar surface area (TPSA) is 58.6 Å². The number of amides is 2. The van der Waals surface area contributed by atoms with Crippen molar-refractivity contribution >= 4 is 33.4 Å². The minimum Gasteiger partial charge on any atom is -0.381 e. The first-order valence-corrected chi connectivity index (χ1v) is 10.9. The van der Waals surface area contributed by atoms with E-state index in [2.05, 4.69) is 21.2 Å². The molecule has 0 bridgehead atoms. The van der Waals surface area contributed by atoms with E-state index in [-0.39, 0.29) is 35.4 Å². The number of rotatable bonds is 5. The fraction of sp³-hybridized carbons (Fsp3) is 0.391. The van der Waals surface area contributed by atoms with E-state index >= 15 is 0 Å². The van der Waals surface area contributed by atoms with E-state index in [1.165, 1.54) is 12.1 Å². The summed E-state index contributed by atoms with van der Waals surface area (Å²) in [6, 6.07) is 14.0. The van der Waals surface area contributed by atoms with E-state index in [1.54, 1.807) is 17.0 Å². The summed E-state index contributed by atoms with van der Waals surface area (Å²) in [5, 5.41) is 3.08. The zero-order valence-corrected chi connectivity index (χ0v) is 18.2. The van der Waals surface area contributed by atoms with E-state index in [4.69, 9.17) is 4.74 Å². The summed E-state index contributed by atoms with van der Waals surface area (Å²) >= 11 is 3.42. The van der Waals surface area contributed by atoms with Gasteiger partial charge in [-0.15, -0.1) is 0 Å². The molecule has 2 aromatic rings. The Kier molecular flexibility index (Phi) is 6.20. The molecule has 4 rings (SSSR count). The number of anilines is 1. The largest absolute Gasteiger partial charge is 0.381 e. The molecule has 1 atom stereocenters. The van der Waals surface area contributed by atoms with Crippen LogP contribution in [-0.2, 0) is 19.7 Å². The van der Waals surface area contributed by atoms with Gasteiger partial charge in [0.15, 0.2) is 0 Å². The number of ether oxygens (including phenoxy) is 1. The summed E-state index contributed by atoms with van der Waals surface area (Å²) < 4.78 is 19.8. The van der Waals surface area contributed by atoms with Crippen molar-refractivity contribution in [1.82, 2.24) is 5.32 Å². The van der Waals surface area contributed by atoms with E-state index in [0.29, 0.717) is 26.3 Å². The molecule has 1 unspecified atom stereocenters. The van der Waals surface area contributed by atoms with Crippen molar-refractivity contribution in [2.45, 2.75) is 24.7 Å². The fourth-order valence-corrected chi connectivity index (χ4v) is 4.70. The van der Waals surface area contributed by atoms with Crippen LogP contribution in [0.2, 0.25) is 0 Å². The summed E-state index contributed by atoms with van der Waals surface area (Å²) in [6.45, 7) is 2.02. The molecule has 0 saturated carbocycles. The Morgan fingerprint density at radius 3 is 2.63 bits per heavy atom. The SMILES string of the molecule is O=C(NCC1(c2ccc(F)cc2)CCOCC1)C1CC(=O)N(c2cccc(Br)c2)C1. The number of benzene rings is 2. The van der Waals surface area contributed by atoms with Gasteiger partial charge in [-0.1, -0.05) is 34.1 Å². The Bertz CT molecular complexity index is 928. The van der Waals surface area contributed by atoms with Gasteiger partial charge in [0.05, 0.1) is 5.92 Å². The first-order valence-electron chi connectivity index (χ1n) is 10.1. The molecule has 2 heterocycles. The number of carbonyl (C=O) groups excluding carboxylic acids is 2. The summed E-state index contributed by atoms with van der Waals surface area (Å²) in [4.78, 5) is 27.1. The van der Waals surface area contributed by atoms with Crippen LogP contribution in [0.4, 0.5) is 10.1 Å². The number of nitrogens with one attached hydrogen (secondary N) is 1. The van der Waals surface area contributed by atoms with Crippen LogP contribution in [0, 0.1) is 11.7 Å². The molecule has 0 spiro atoms. The molecule has 2 saturated heterocycles. The molecule has 5 nitrogen and oxygen atoms in total. The zero-order chi connectivity index (χ0) is 21.1. The molecule has 2 amide bonds. The van der Waals surface area contributed by atoms with Crippen LogP contribution in [0.25, 0.3) is 0 Å². The van der Waals surface area contributed by atoms with Gasteiger partial charge < -0.3 is 15.0 Å².